The second kappa shape index (κ2) is 5.73. The van der Waals surface area contributed by atoms with E-state index in [1.54, 1.807) is 0 Å². The van der Waals surface area contributed by atoms with Gasteiger partial charge >= 0.3 is 0 Å². The minimum atomic E-state index is -0.142. The van der Waals surface area contributed by atoms with Gasteiger partial charge in [0, 0.05) is 13.2 Å². The standard InChI is InChI=1S/C15H19N3O2/c1-3-19-10(2)14-17-15(20-18-14)13-12-7-5-4-6-11(12)8-9-16-13/h4-7,10,13,16H,3,8-9H2,1-2H3. The predicted molar refractivity (Wildman–Crippen MR) is 74.3 cm³/mol. The van der Waals surface area contributed by atoms with Gasteiger partial charge in [0.2, 0.25) is 5.89 Å². The van der Waals surface area contributed by atoms with Gasteiger partial charge in [-0.15, -0.1) is 0 Å². The highest BCUT2D eigenvalue weighted by Crippen LogP contribution is 2.28. The zero-order valence-electron chi connectivity index (χ0n) is 11.8. The molecule has 1 aromatic carbocycles. The molecule has 0 aliphatic carbocycles. The van der Waals surface area contributed by atoms with Gasteiger partial charge in [-0.2, -0.15) is 4.98 Å². The number of benzene rings is 1. The van der Waals surface area contributed by atoms with Crippen LogP contribution < -0.4 is 5.32 Å². The van der Waals surface area contributed by atoms with Gasteiger partial charge in [-0.3, -0.25) is 0 Å². The molecule has 0 spiro atoms. The van der Waals surface area contributed by atoms with Crippen LogP contribution in [0.2, 0.25) is 0 Å². The highest BCUT2D eigenvalue weighted by molar-refractivity contribution is 5.35. The molecule has 0 saturated carbocycles. The second-order valence-corrected chi connectivity index (χ2v) is 4.92. The van der Waals surface area contributed by atoms with E-state index in [2.05, 4.69) is 33.7 Å². The van der Waals surface area contributed by atoms with Crippen molar-refractivity contribution in [3.8, 4) is 0 Å². The highest BCUT2D eigenvalue weighted by Gasteiger charge is 2.26. The molecule has 5 heteroatoms. The average Bonchev–Trinajstić information content (AvgIpc) is 2.97. The molecule has 0 amide bonds. The summed E-state index contributed by atoms with van der Waals surface area (Å²) in [5.41, 5.74) is 2.56. The van der Waals surface area contributed by atoms with Crippen molar-refractivity contribution >= 4 is 0 Å². The first kappa shape index (κ1) is 13.3. The summed E-state index contributed by atoms with van der Waals surface area (Å²) >= 11 is 0. The monoisotopic (exact) mass is 273 g/mol. The lowest BCUT2D eigenvalue weighted by atomic mass is 9.94. The SMILES string of the molecule is CCOC(C)c1noc(C2NCCc3ccccc32)n1. The fraction of sp³-hybridized carbons (Fsp3) is 0.467. The Kier molecular flexibility index (Phi) is 3.80. The predicted octanol–water partition coefficient (Wildman–Crippen LogP) is 2.40. The number of nitrogens with zero attached hydrogens (tertiary/aromatic N) is 2. The molecule has 1 aliphatic rings. The molecule has 0 saturated heterocycles. The molecule has 20 heavy (non-hydrogen) atoms. The Morgan fingerprint density at radius 2 is 2.30 bits per heavy atom. The number of rotatable bonds is 4. The van der Waals surface area contributed by atoms with Crippen LogP contribution in [0.25, 0.3) is 0 Å². The quantitative estimate of drug-likeness (QED) is 0.927. The number of nitrogens with one attached hydrogen (secondary N) is 1. The topological polar surface area (TPSA) is 60.2 Å². The molecule has 1 aromatic heterocycles. The van der Waals surface area contributed by atoms with Crippen LogP contribution in [-0.2, 0) is 11.2 Å². The van der Waals surface area contributed by atoms with Gasteiger partial charge in [0.05, 0.1) is 0 Å². The van der Waals surface area contributed by atoms with Gasteiger partial charge in [-0.25, -0.2) is 0 Å². The van der Waals surface area contributed by atoms with E-state index in [-0.39, 0.29) is 12.1 Å². The van der Waals surface area contributed by atoms with E-state index in [1.165, 1.54) is 11.1 Å². The maximum Gasteiger partial charge on any atom is 0.248 e. The van der Waals surface area contributed by atoms with Crippen LogP contribution in [0.15, 0.2) is 28.8 Å². The second-order valence-electron chi connectivity index (χ2n) is 4.92. The third-order valence-electron chi connectivity index (χ3n) is 3.59. The lowest BCUT2D eigenvalue weighted by Crippen LogP contribution is -2.30. The van der Waals surface area contributed by atoms with Gasteiger partial charge < -0.3 is 14.6 Å². The van der Waals surface area contributed by atoms with Crippen molar-refractivity contribution in [2.45, 2.75) is 32.4 Å². The highest BCUT2D eigenvalue weighted by atomic mass is 16.5. The molecule has 0 bridgehead atoms. The maximum absolute atomic E-state index is 5.49. The van der Waals surface area contributed by atoms with Crippen molar-refractivity contribution in [2.75, 3.05) is 13.2 Å². The Hall–Kier alpha value is -1.72. The normalized spacial score (nSPS) is 19.6. The summed E-state index contributed by atoms with van der Waals surface area (Å²) in [4.78, 5) is 4.49. The Labute approximate surface area is 118 Å². The molecule has 2 unspecified atom stereocenters. The minimum absolute atomic E-state index is 0.0185. The van der Waals surface area contributed by atoms with Gasteiger partial charge in [0.25, 0.3) is 0 Å². The molecule has 2 atom stereocenters. The number of hydrogen-bond donors (Lipinski definition) is 1. The van der Waals surface area contributed by atoms with E-state index in [0.29, 0.717) is 18.3 Å². The van der Waals surface area contributed by atoms with Gasteiger partial charge in [-0.05, 0) is 31.4 Å². The molecular weight excluding hydrogens is 254 g/mol. The molecule has 1 N–H and O–H groups in total. The fourth-order valence-corrected chi connectivity index (χ4v) is 2.58. The van der Waals surface area contributed by atoms with E-state index in [0.717, 1.165) is 13.0 Å². The molecule has 106 valence electrons. The van der Waals surface area contributed by atoms with Crippen molar-refractivity contribution in [1.82, 2.24) is 15.5 Å². The summed E-state index contributed by atoms with van der Waals surface area (Å²) in [5.74, 6) is 1.21. The minimum Gasteiger partial charge on any atom is -0.371 e. The lowest BCUT2D eigenvalue weighted by molar-refractivity contribution is 0.0683. The lowest BCUT2D eigenvalue weighted by Gasteiger charge is -2.23. The third kappa shape index (κ3) is 2.46. The van der Waals surface area contributed by atoms with Crippen molar-refractivity contribution in [3.63, 3.8) is 0 Å². The van der Waals surface area contributed by atoms with Crippen LogP contribution >= 0.6 is 0 Å². The summed E-state index contributed by atoms with van der Waals surface area (Å²) < 4.78 is 10.9. The molecular formula is C15H19N3O2. The van der Waals surface area contributed by atoms with Crippen molar-refractivity contribution in [2.24, 2.45) is 0 Å². The number of aromatic nitrogens is 2. The summed E-state index contributed by atoms with van der Waals surface area (Å²) in [6, 6.07) is 8.36. The van der Waals surface area contributed by atoms with Crippen molar-refractivity contribution in [1.29, 1.82) is 0 Å². The van der Waals surface area contributed by atoms with Crippen molar-refractivity contribution in [3.05, 3.63) is 47.1 Å². The summed E-state index contributed by atoms with van der Waals surface area (Å²) in [5, 5.41) is 7.47. The Morgan fingerprint density at radius 1 is 1.45 bits per heavy atom. The van der Waals surface area contributed by atoms with E-state index < -0.39 is 0 Å². The summed E-state index contributed by atoms with van der Waals surface area (Å²) in [7, 11) is 0. The van der Waals surface area contributed by atoms with Crippen LogP contribution in [0.4, 0.5) is 0 Å². The van der Waals surface area contributed by atoms with E-state index in [1.807, 2.05) is 19.9 Å². The van der Waals surface area contributed by atoms with Crippen LogP contribution in [-0.4, -0.2) is 23.3 Å². The summed E-state index contributed by atoms with van der Waals surface area (Å²) in [6.45, 7) is 5.44. The van der Waals surface area contributed by atoms with E-state index >= 15 is 0 Å². The zero-order chi connectivity index (χ0) is 13.9. The fourth-order valence-electron chi connectivity index (χ4n) is 2.58. The van der Waals surface area contributed by atoms with E-state index in [4.69, 9.17) is 9.26 Å². The summed E-state index contributed by atoms with van der Waals surface area (Å²) in [6.07, 6.45) is 0.888. The molecule has 0 fully saturated rings. The Morgan fingerprint density at radius 3 is 3.15 bits per heavy atom. The molecule has 0 radical (unpaired) electrons. The third-order valence-corrected chi connectivity index (χ3v) is 3.59. The smallest absolute Gasteiger partial charge is 0.248 e. The molecule has 5 nitrogen and oxygen atoms in total. The van der Waals surface area contributed by atoms with Gasteiger partial charge in [0.15, 0.2) is 5.82 Å². The van der Waals surface area contributed by atoms with E-state index in [9.17, 15) is 0 Å². The molecule has 3 rings (SSSR count). The number of hydrogen-bond acceptors (Lipinski definition) is 5. The van der Waals surface area contributed by atoms with Gasteiger partial charge in [-0.1, -0.05) is 29.4 Å². The molecule has 2 heterocycles. The van der Waals surface area contributed by atoms with Crippen LogP contribution in [0.3, 0.4) is 0 Å². The van der Waals surface area contributed by atoms with Crippen molar-refractivity contribution < 1.29 is 9.26 Å². The first-order valence-corrected chi connectivity index (χ1v) is 7.06. The van der Waals surface area contributed by atoms with Crippen LogP contribution in [0, 0.1) is 0 Å². The maximum atomic E-state index is 5.49. The Bertz CT molecular complexity index is 582. The zero-order valence-corrected chi connectivity index (χ0v) is 11.8. The first-order valence-electron chi connectivity index (χ1n) is 7.06. The largest absolute Gasteiger partial charge is 0.371 e. The van der Waals surface area contributed by atoms with Gasteiger partial charge in [0.1, 0.15) is 12.1 Å². The Balaban J connectivity index is 1.87. The van der Waals surface area contributed by atoms with Crippen LogP contribution in [0.5, 0.6) is 0 Å². The van der Waals surface area contributed by atoms with Crippen LogP contribution in [0.1, 0.15) is 48.8 Å². The first-order chi connectivity index (χ1) is 9.79. The molecule has 1 aliphatic heterocycles. The average molecular weight is 273 g/mol. The molecule has 2 aromatic rings. The number of fused-ring (bicyclic) bond motifs is 1. The number of ether oxygens (including phenoxy) is 1.